The Hall–Kier alpha value is -8.98. The molecule has 0 atom stereocenters. The van der Waals surface area contributed by atoms with Crippen molar-refractivity contribution in [1.29, 1.82) is 0 Å². The maximum Gasteiger partial charge on any atom is 0.0620 e. The summed E-state index contributed by atoms with van der Waals surface area (Å²) in [5.74, 6) is 0. The Bertz CT molecular complexity index is 3950. The Morgan fingerprint density at radius 3 is 1.10 bits per heavy atom. The molecule has 2 nitrogen and oxygen atoms in total. The van der Waals surface area contributed by atoms with E-state index in [2.05, 4.69) is 276 Å². The number of hydrogen-bond donors (Lipinski definition) is 0. The summed E-state index contributed by atoms with van der Waals surface area (Å²) in [6.07, 6.45) is 0. The Morgan fingerprint density at radius 1 is 0.191 bits per heavy atom. The van der Waals surface area contributed by atoms with Crippen molar-refractivity contribution in [3.8, 4) is 78.1 Å². The topological polar surface area (TPSA) is 9.86 Å². The first kappa shape index (κ1) is 39.4. The van der Waals surface area contributed by atoms with Crippen molar-refractivity contribution in [3.05, 3.63) is 267 Å². The van der Waals surface area contributed by atoms with Crippen LogP contribution in [0, 0.1) is 0 Å². The van der Waals surface area contributed by atoms with Crippen LogP contribution in [0.4, 0.5) is 0 Å². The highest BCUT2D eigenvalue weighted by Crippen LogP contribution is 2.47. The van der Waals surface area contributed by atoms with Gasteiger partial charge in [0.1, 0.15) is 0 Å². The fourth-order valence-corrected chi connectivity index (χ4v) is 10.5. The molecule has 0 fully saturated rings. The number of aromatic nitrogens is 2. The molecule has 0 bridgehead atoms. The zero-order valence-electron chi connectivity index (χ0n) is 37.3. The fraction of sp³-hybridized carbons (Fsp3) is 0. The quantitative estimate of drug-likeness (QED) is 0.144. The molecule has 2 heteroatoms. The minimum absolute atomic E-state index is 1.12. The van der Waals surface area contributed by atoms with Gasteiger partial charge in [-0.05, 0) is 111 Å². The Kier molecular flexibility index (Phi) is 9.54. The molecule has 0 spiro atoms. The summed E-state index contributed by atoms with van der Waals surface area (Å²) in [5, 5.41) is 4.86. The van der Waals surface area contributed by atoms with Crippen molar-refractivity contribution in [1.82, 2.24) is 9.13 Å². The van der Waals surface area contributed by atoms with Crippen LogP contribution in [-0.2, 0) is 0 Å². The lowest BCUT2D eigenvalue weighted by molar-refractivity contribution is 1.18. The lowest BCUT2D eigenvalue weighted by Crippen LogP contribution is -1.97. The van der Waals surface area contributed by atoms with Crippen molar-refractivity contribution in [2.24, 2.45) is 0 Å². The standard InChI is InChI=1S/C66H44N2/c1-7-20-45(21-8-1)48-34-37-55(38-35-48)67-63-39-36-51(40-60(63)62-44-53(47-24-11-3-12-25-47)41-58(65(62)67)49-26-13-4-14-27-49)56-32-19-33-57-61-43-52(46-22-9-2-10-23-46)42-59(50-28-15-5-16-29-50)66(61)68(64(56)57)54-30-17-6-18-31-54/h1-44H. The first-order valence-corrected chi connectivity index (χ1v) is 23.4. The summed E-state index contributed by atoms with van der Waals surface area (Å²) in [6, 6.07) is 97.5. The van der Waals surface area contributed by atoms with Crippen LogP contribution in [0.25, 0.3) is 122 Å². The molecular weight excluding hydrogens is 821 g/mol. The summed E-state index contributed by atoms with van der Waals surface area (Å²) in [4.78, 5) is 0. The van der Waals surface area contributed by atoms with Crippen LogP contribution in [0.1, 0.15) is 0 Å². The highest BCUT2D eigenvalue weighted by molar-refractivity contribution is 6.20. The van der Waals surface area contributed by atoms with Crippen molar-refractivity contribution in [3.63, 3.8) is 0 Å². The van der Waals surface area contributed by atoms with E-state index in [0.29, 0.717) is 0 Å². The van der Waals surface area contributed by atoms with Gasteiger partial charge in [-0.1, -0.05) is 206 Å². The minimum Gasteiger partial charge on any atom is -0.309 e. The zero-order chi connectivity index (χ0) is 45.0. The number of benzene rings is 11. The molecule has 318 valence electrons. The summed E-state index contributed by atoms with van der Waals surface area (Å²) < 4.78 is 5.00. The lowest BCUT2D eigenvalue weighted by Gasteiger charge is -2.15. The smallest absolute Gasteiger partial charge is 0.0620 e. The van der Waals surface area contributed by atoms with E-state index < -0.39 is 0 Å². The molecule has 2 aromatic heterocycles. The molecule has 2 heterocycles. The van der Waals surface area contributed by atoms with Crippen molar-refractivity contribution in [2.45, 2.75) is 0 Å². The largest absolute Gasteiger partial charge is 0.309 e. The molecule has 0 N–H and O–H groups in total. The molecule has 0 saturated carbocycles. The maximum atomic E-state index is 2.51. The monoisotopic (exact) mass is 864 g/mol. The van der Waals surface area contributed by atoms with Gasteiger partial charge in [0, 0.05) is 49.6 Å². The van der Waals surface area contributed by atoms with Gasteiger partial charge in [-0.3, -0.25) is 0 Å². The van der Waals surface area contributed by atoms with E-state index in [-0.39, 0.29) is 0 Å². The first-order chi connectivity index (χ1) is 33.7. The van der Waals surface area contributed by atoms with Crippen molar-refractivity contribution in [2.75, 3.05) is 0 Å². The van der Waals surface area contributed by atoms with Gasteiger partial charge in [0.2, 0.25) is 0 Å². The predicted octanol–water partition coefficient (Wildman–Crippen LogP) is 17.9. The van der Waals surface area contributed by atoms with E-state index in [4.69, 9.17) is 0 Å². The Morgan fingerprint density at radius 2 is 0.574 bits per heavy atom. The molecule has 0 aliphatic carbocycles. The second-order valence-electron chi connectivity index (χ2n) is 17.7. The average Bonchev–Trinajstić information content (AvgIpc) is 3.94. The SMILES string of the molecule is c1ccc(-c2ccc(-n3c4ccc(-c5cccc6c7cc(-c8ccccc8)cc(-c8ccccc8)c7n(-c7ccccc7)c56)cc4c4cc(-c5ccccc5)cc(-c5ccccc5)c43)cc2)cc1. The van der Waals surface area contributed by atoms with Gasteiger partial charge in [0.05, 0.1) is 22.1 Å². The molecule has 68 heavy (non-hydrogen) atoms. The second kappa shape index (κ2) is 16.5. The van der Waals surface area contributed by atoms with Crippen LogP contribution < -0.4 is 0 Å². The highest BCUT2D eigenvalue weighted by atomic mass is 15.0. The summed E-state index contributed by atoms with van der Waals surface area (Å²) in [6.45, 7) is 0. The van der Waals surface area contributed by atoms with E-state index in [1.807, 2.05) is 0 Å². The molecular formula is C66H44N2. The molecule has 0 saturated heterocycles. The van der Waals surface area contributed by atoms with Crippen LogP contribution in [0.3, 0.4) is 0 Å². The van der Waals surface area contributed by atoms with E-state index >= 15 is 0 Å². The van der Waals surface area contributed by atoms with Crippen LogP contribution in [0.2, 0.25) is 0 Å². The van der Waals surface area contributed by atoms with Gasteiger partial charge >= 0.3 is 0 Å². The number of para-hydroxylation sites is 2. The normalized spacial score (nSPS) is 11.5. The molecule has 13 rings (SSSR count). The first-order valence-electron chi connectivity index (χ1n) is 23.4. The Labute approximate surface area is 395 Å². The summed E-state index contributed by atoms with van der Waals surface area (Å²) in [7, 11) is 0. The second-order valence-corrected chi connectivity index (χ2v) is 17.7. The highest BCUT2D eigenvalue weighted by Gasteiger charge is 2.23. The molecule has 11 aromatic carbocycles. The Balaban J connectivity index is 1.12. The molecule has 0 aliphatic rings. The third-order valence-electron chi connectivity index (χ3n) is 13.7. The van der Waals surface area contributed by atoms with Gasteiger partial charge in [0.15, 0.2) is 0 Å². The van der Waals surface area contributed by atoms with E-state index in [9.17, 15) is 0 Å². The van der Waals surface area contributed by atoms with Crippen LogP contribution >= 0.6 is 0 Å². The fourth-order valence-electron chi connectivity index (χ4n) is 10.5. The third-order valence-corrected chi connectivity index (χ3v) is 13.7. The average molecular weight is 865 g/mol. The molecule has 0 aliphatic heterocycles. The van der Waals surface area contributed by atoms with E-state index in [1.54, 1.807) is 0 Å². The summed E-state index contributed by atoms with van der Waals surface area (Å²) in [5.41, 5.74) is 21.3. The molecule has 0 amide bonds. The van der Waals surface area contributed by atoms with Gasteiger partial charge in [-0.2, -0.15) is 0 Å². The summed E-state index contributed by atoms with van der Waals surface area (Å²) >= 11 is 0. The predicted molar refractivity (Wildman–Crippen MR) is 288 cm³/mol. The van der Waals surface area contributed by atoms with Crippen LogP contribution in [-0.4, -0.2) is 9.13 Å². The van der Waals surface area contributed by atoms with Gasteiger partial charge in [0.25, 0.3) is 0 Å². The van der Waals surface area contributed by atoms with Crippen LogP contribution in [0.15, 0.2) is 267 Å². The maximum absolute atomic E-state index is 2.51. The number of nitrogens with zero attached hydrogens (tertiary/aromatic N) is 2. The van der Waals surface area contributed by atoms with E-state index in [1.165, 1.54) is 99.3 Å². The van der Waals surface area contributed by atoms with Crippen LogP contribution in [0.5, 0.6) is 0 Å². The molecule has 0 radical (unpaired) electrons. The van der Waals surface area contributed by atoms with E-state index in [0.717, 1.165) is 22.5 Å². The van der Waals surface area contributed by atoms with Crippen molar-refractivity contribution < 1.29 is 0 Å². The molecule has 0 unspecified atom stereocenters. The van der Waals surface area contributed by atoms with Gasteiger partial charge in [-0.15, -0.1) is 0 Å². The lowest BCUT2D eigenvalue weighted by atomic mass is 9.94. The number of hydrogen-bond acceptors (Lipinski definition) is 0. The van der Waals surface area contributed by atoms with Gasteiger partial charge in [-0.25, -0.2) is 0 Å². The number of rotatable bonds is 8. The van der Waals surface area contributed by atoms with Gasteiger partial charge < -0.3 is 9.13 Å². The zero-order valence-corrected chi connectivity index (χ0v) is 37.3. The molecule has 13 aromatic rings. The minimum atomic E-state index is 1.12. The van der Waals surface area contributed by atoms with Crippen molar-refractivity contribution >= 4 is 43.6 Å². The number of fused-ring (bicyclic) bond motifs is 6. The third kappa shape index (κ3) is 6.65.